The molecule has 38 heavy (non-hydrogen) atoms. The third-order valence-electron chi connectivity index (χ3n) is 7.89. The van der Waals surface area contributed by atoms with Gasteiger partial charge in [0.25, 0.3) is 0 Å². The number of alkyl halides is 1. The maximum absolute atomic E-state index is 14.2. The first-order chi connectivity index (χ1) is 17.7. The van der Waals surface area contributed by atoms with Crippen LogP contribution in [0.3, 0.4) is 0 Å². The first kappa shape index (κ1) is 29.0. The van der Waals surface area contributed by atoms with Crippen LogP contribution in [0.4, 0.5) is 0 Å². The van der Waals surface area contributed by atoms with Crippen molar-refractivity contribution in [3.8, 4) is 0 Å². The number of likely N-dealkylation sites (tertiary alicyclic amines) is 1. The number of nitrogens with one attached hydrogen (secondary N) is 1. The zero-order valence-corrected chi connectivity index (χ0v) is 24.8. The highest BCUT2D eigenvalue weighted by Gasteiger charge is 2.77. The van der Waals surface area contributed by atoms with Crippen molar-refractivity contribution < 1.29 is 29.0 Å². The highest BCUT2D eigenvalue weighted by atomic mass is 79.9. The van der Waals surface area contributed by atoms with Crippen molar-refractivity contribution in [1.29, 1.82) is 0 Å². The number of esters is 1. The second-order valence-electron chi connectivity index (χ2n) is 12.8. The lowest BCUT2D eigenvalue weighted by atomic mass is 9.70. The Bertz CT molecular complexity index is 1060. The van der Waals surface area contributed by atoms with Crippen LogP contribution in [0, 0.1) is 17.3 Å². The van der Waals surface area contributed by atoms with Crippen LogP contribution in [0.25, 0.3) is 0 Å². The van der Waals surface area contributed by atoms with E-state index in [1.165, 1.54) is 4.90 Å². The largest absolute Gasteiger partial charge is 0.466 e. The Morgan fingerprint density at radius 1 is 1.24 bits per heavy atom. The molecule has 3 aliphatic heterocycles. The zero-order valence-electron chi connectivity index (χ0n) is 23.2. The summed E-state index contributed by atoms with van der Waals surface area (Å²) >= 11 is 3.67. The number of hydrogen-bond donors (Lipinski definition) is 2. The molecule has 1 spiro atoms. The minimum atomic E-state index is -1.20. The van der Waals surface area contributed by atoms with Gasteiger partial charge in [-0.1, -0.05) is 67.0 Å². The second-order valence-corrected chi connectivity index (χ2v) is 14.0. The number of fused-ring (bicyclic) bond motifs is 1. The Kier molecular flexibility index (Phi) is 8.05. The molecule has 2 amide bonds. The molecule has 0 saturated carbocycles. The van der Waals surface area contributed by atoms with Crippen LogP contribution < -0.4 is 5.32 Å². The van der Waals surface area contributed by atoms with E-state index in [4.69, 9.17) is 9.47 Å². The van der Waals surface area contributed by atoms with Gasteiger partial charge in [0.05, 0.1) is 37.2 Å². The fraction of sp³-hybridized carbons (Fsp3) is 0.690. The summed E-state index contributed by atoms with van der Waals surface area (Å²) in [5.41, 5.74) is -0.856. The Morgan fingerprint density at radius 2 is 1.89 bits per heavy atom. The monoisotopic (exact) mass is 592 g/mol. The van der Waals surface area contributed by atoms with Crippen LogP contribution in [-0.2, 0) is 30.3 Å². The first-order valence-electron chi connectivity index (χ1n) is 13.5. The summed E-state index contributed by atoms with van der Waals surface area (Å²) in [4.78, 5) is 42.9. The second kappa shape index (κ2) is 10.5. The maximum atomic E-state index is 14.2. The third kappa shape index (κ3) is 5.26. The van der Waals surface area contributed by atoms with E-state index in [-0.39, 0.29) is 35.3 Å². The third-order valence-corrected chi connectivity index (χ3v) is 8.73. The lowest BCUT2D eigenvalue weighted by Gasteiger charge is -2.40. The lowest BCUT2D eigenvalue weighted by molar-refractivity contribution is -0.155. The van der Waals surface area contributed by atoms with Crippen molar-refractivity contribution >= 4 is 33.7 Å². The van der Waals surface area contributed by atoms with E-state index in [0.717, 1.165) is 5.56 Å². The van der Waals surface area contributed by atoms with Crippen molar-refractivity contribution in [1.82, 2.24) is 10.2 Å². The van der Waals surface area contributed by atoms with Crippen LogP contribution in [0.15, 0.2) is 30.3 Å². The predicted octanol–water partition coefficient (Wildman–Crippen LogP) is 3.23. The average molecular weight is 594 g/mol. The molecule has 1 aromatic carbocycles. The topological polar surface area (TPSA) is 105 Å². The molecular weight excluding hydrogens is 552 g/mol. The molecule has 3 aliphatic rings. The van der Waals surface area contributed by atoms with Crippen molar-refractivity contribution in [2.24, 2.45) is 17.3 Å². The molecule has 3 heterocycles. The standard InChI is InChI=1S/C29H41BrN2O6/c1-7-37-26(36)20-21-25(35)32(18(15-33)13-17-11-9-8-10-12-17)23(29(21)14-19(30)22(20)38-29)24(34)31-28(5,6)16-27(2,3)4/h8-12,18-23,33H,7,13-16H2,1-6H3,(H,31,34)/t18-,19?,20+,21+,22+,23?,29?/m1/s1. The molecule has 2 bridgehead atoms. The van der Waals surface area contributed by atoms with Gasteiger partial charge in [-0.05, 0) is 51.0 Å². The summed E-state index contributed by atoms with van der Waals surface area (Å²) in [5, 5.41) is 13.7. The molecule has 3 fully saturated rings. The number of amides is 2. The van der Waals surface area contributed by atoms with Crippen LogP contribution in [-0.4, -0.2) is 75.2 Å². The number of rotatable bonds is 9. The number of hydrogen-bond acceptors (Lipinski definition) is 6. The van der Waals surface area contributed by atoms with Gasteiger partial charge in [0.15, 0.2) is 0 Å². The van der Waals surface area contributed by atoms with Gasteiger partial charge in [-0.15, -0.1) is 0 Å². The van der Waals surface area contributed by atoms with Crippen molar-refractivity contribution in [2.45, 2.75) is 95.0 Å². The highest BCUT2D eigenvalue weighted by molar-refractivity contribution is 9.09. The number of carbonyl (C=O) groups is 3. The Morgan fingerprint density at radius 3 is 2.47 bits per heavy atom. The highest BCUT2D eigenvalue weighted by Crippen LogP contribution is 2.60. The Balaban J connectivity index is 1.76. The van der Waals surface area contributed by atoms with Crippen molar-refractivity contribution in [2.75, 3.05) is 13.2 Å². The van der Waals surface area contributed by atoms with Gasteiger partial charge < -0.3 is 24.8 Å². The summed E-state index contributed by atoms with van der Waals surface area (Å²) in [6.45, 7) is 11.9. The van der Waals surface area contributed by atoms with Crippen LogP contribution >= 0.6 is 15.9 Å². The summed E-state index contributed by atoms with van der Waals surface area (Å²) in [6.07, 6.45) is 0.921. The van der Waals surface area contributed by atoms with Crippen LogP contribution in [0.5, 0.6) is 0 Å². The summed E-state index contributed by atoms with van der Waals surface area (Å²) in [7, 11) is 0. The number of carbonyl (C=O) groups excluding carboxylic acids is 3. The minimum absolute atomic E-state index is 0.0397. The van der Waals surface area contributed by atoms with Gasteiger partial charge in [-0.3, -0.25) is 14.4 Å². The quantitative estimate of drug-likeness (QED) is 0.337. The molecule has 7 atom stereocenters. The molecule has 9 heteroatoms. The number of benzene rings is 1. The van der Waals surface area contributed by atoms with Gasteiger partial charge in [-0.2, -0.15) is 0 Å². The van der Waals surface area contributed by atoms with E-state index in [0.29, 0.717) is 19.3 Å². The van der Waals surface area contributed by atoms with Crippen LogP contribution in [0.2, 0.25) is 0 Å². The molecule has 3 saturated heterocycles. The smallest absolute Gasteiger partial charge is 0.312 e. The van der Waals surface area contributed by atoms with E-state index in [9.17, 15) is 19.5 Å². The number of nitrogens with zero attached hydrogens (tertiary/aromatic N) is 1. The summed E-state index contributed by atoms with van der Waals surface area (Å²) < 4.78 is 11.9. The average Bonchev–Trinajstić information content (AvgIpc) is 3.39. The summed E-state index contributed by atoms with van der Waals surface area (Å²) in [5.74, 6) is -2.83. The zero-order chi connectivity index (χ0) is 28.0. The lowest BCUT2D eigenvalue weighted by Crippen LogP contribution is -2.61. The maximum Gasteiger partial charge on any atom is 0.312 e. The normalized spacial score (nSPS) is 31.3. The SMILES string of the molecule is CCOC(=O)[C@H]1[C@H]2C(=O)N([C@@H](CO)Cc3ccccc3)C(C(=O)NC(C)(C)CC(C)(C)C)C23CC(Br)[C@@H]1O3. The molecule has 2 N–H and O–H groups in total. The van der Waals surface area contributed by atoms with Gasteiger partial charge in [0, 0.05) is 10.4 Å². The molecule has 0 radical (unpaired) electrons. The van der Waals surface area contributed by atoms with E-state index < -0.39 is 47.1 Å². The van der Waals surface area contributed by atoms with Gasteiger partial charge >= 0.3 is 5.97 Å². The molecule has 210 valence electrons. The summed E-state index contributed by atoms with van der Waals surface area (Å²) in [6, 6.07) is 7.92. The fourth-order valence-corrected chi connectivity index (χ4v) is 8.12. The van der Waals surface area contributed by atoms with E-state index >= 15 is 0 Å². The number of ether oxygens (including phenoxy) is 2. The van der Waals surface area contributed by atoms with Gasteiger partial charge in [0.1, 0.15) is 11.6 Å². The number of aliphatic hydroxyl groups excluding tert-OH is 1. The molecule has 8 nitrogen and oxygen atoms in total. The number of halogens is 1. The first-order valence-corrected chi connectivity index (χ1v) is 14.4. The molecule has 0 aromatic heterocycles. The van der Waals surface area contributed by atoms with Crippen LogP contribution in [0.1, 0.15) is 59.9 Å². The van der Waals surface area contributed by atoms with Gasteiger partial charge in [-0.25, -0.2) is 0 Å². The molecule has 1 aromatic rings. The molecule has 0 aliphatic carbocycles. The van der Waals surface area contributed by atoms with E-state index in [1.54, 1.807) is 6.92 Å². The van der Waals surface area contributed by atoms with E-state index in [2.05, 4.69) is 42.0 Å². The molecule has 3 unspecified atom stereocenters. The Labute approximate surface area is 233 Å². The predicted molar refractivity (Wildman–Crippen MR) is 146 cm³/mol. The van der Waals surface area contributed by atoms with Crippen molar-refractivity contribution in [3.63, 3.8) is 0 Å². The number of aliphatic hydroxyl groups is 1. The minimum Gasteiger partial charge on any atom is -0.466 e. The van der Waals surface area contributed by atoms with Gasteiger partial charge in [0.2, 0.25) is 11.8 Å². The van der Waals surface area contributed by atoms with E-state index in [1.807, 2.05) is 44.2 Å². The Hall–Kier alpha value is -1.97. The molecule has 4 rings (SSSR count). The molecular formula is C29H41BrN2O6. The fourth-order valence-electron chi connectivity index (χ4n) is 7.18. The van der Waals surface area contributed by atoms with Crippen molar-refractivity contribution in [3.05, 3.63) is 35.9 Å².